The third-order valence-electron chi connectivity index (χ3n) is 0. The Morgan fingerprint density at radius 2 is 2.00 bits per heavy atom. The topological polar surface area (TPSA) is 17.1 Å². The molecule has 4 heavy (non-hydrogen) atoms. The van der Waals surface area contributed by atoms with Crippen molar-refractivity contribution in [2.75, 3.05) is 0 Å². The van der Waals surface area contributed by atoms with Gasteiger partial charge in [-0.15, -0.1) is 0 Å². The fraction of sp³-hybridized carbons (Fsp3) is 0. The fourth-order valence-electron chi connectivity index (χ4n) is 0. The molecule has 0 aliphatic heterocycles. The van der Waals surface area contributed by atoms with Crippen LogP contribution in [0, 0.1) is 0 Å². The molecule has 0 rings (SSSR count). The SMILES string of the molecule is O=C=S.[H-].[Li+]. The van der Waals surface area contributed by atoms with Gasteiger partial charge in [-0.2, -0.15) is 0 Å². The molecule has 0 atom stereocenters. The molecule has 0 saturated carbocycles. The molecule has 0 bridgehead atoms. The van der Waals surface area contributed by atoms with Crippen LogP contribution >= 0.6 is 12.2 Å². The maximum Gasteiger partial charge on any atom is 1.00 e. The quantitative estimate of drug-likeness (QED) is 0.228. The Hall–Kier alpha value is 0.397. The summed E-state index contributed by atoms with van der Waals surface area (Å²) in [6.07, 6.45) is 0. The summed E-state index contributed by atoms with van der Waals surface area (Å²) in [7, 11) is 0. The van der Waals surface area contributed by atoms with Crippen LogP contribution in [0.4, 0.5) is 0 Å². The minimum Gasteiger partial charge on any atom is -1.00 e. The zero-order chi connectivity index (χ0) is 2.71. The van der Waals surface area contributed by atoms with Crippen LogP contribution in [0.15, 0.2) is 0 Å². The Morgan fingerprint density at radius 3 is 2.00 bits per heavy atom. The third kappa shape index (κ3) is 29.6. The van der Waals surface area contributed by atoms with Gasteiger partial charge in [0.2, 0.25) is 5.23 Å². The number of thiocarbonyl (C=S) groups is 1. The van der Waals surface area contributed by atoms with Crippen molar-refractivity contribution in [3.05, 3.63) is 0 Å². The zero-order valence-electron chi connectivity index (χ0n) is 3.32. The van der Waals surface area contributed by atoms with Crippen LogP contribution in [0.3, 0.4) is 0 Å². The number of hydrogen-bond acceptors (Lipinski definition) is 2. The van der Waals surface area contributed by atoms with Gasteiger partial charge >= 0.3 is 18.9 Å². The molecular formula is CHLiOS. The van der Waals surface area contributed by atoms with Crippen molar-refractivity contribution in [3.63, 3.8) is 0 Å². The van der Waals surface area contributed by atoms with E-state index >= 15 is 0 Å². The normalized spacial score (nSPS) is 2.00. The van der Waals surface area contributed by atoms with Crippen molar-refractivity contribution < 1.29 is 25.1 Å². The summed E-state index contributed by atoms with van der Waals surface area (Å²) in [4.78, 5) is 8.50. The maximum atomic E-state index is 8.50. The first-order valence-corrected chi connectivity index (χ1v) is 0.816. The largest absolute Gasteiger partial charge is 1.00 e. The minimum atomic E-state index is 0. The van der Waals surface area contributed by atoms with Crippen LogP contribution in [-0.2, 0) is 4.79 Å². The summed E-state index contributed by atoms with van der Waals surface area (Å²) in [6, 6.07) is 0. The van der Waals surface area contributed by atoms with Gasteiger partial charge < -0.3 is 1.43 Å². The van der Waals surface area contributed by atoms with Gasteiger partial charge in [-0.05, 0) is 0 Å². The molecule has 0 spiro atoms. The Bertz CT molecular complexity index is 32.6. The van der Waals surface area contributed by atoms with E-state index in [1.54, 1.807) is 0 Å². The molecule has 18 valence electrons. The van der Waals surface area contributed by atoms with Gasteiger partial charge in [-0.3, -0.25) is 0 Å². The predicted molar refractivity (Wildman–Crippen MR) is 14.4 cm³/mol. The minimum absolute atomic E-state index is 0. The first kappa shape index (κ1) is 8.83. The number of hydrogen-bond donors (Lipinski definition) is 0. The molecule has 0 saturated heterocycles. The van der Waals surface area contributed by atoms with Crippen molar-refractivity contribution in [1.29, 1.82) is 0 Å². The van der Waals surface area contributed by atoms with E-state index < -0.39 is 0 Å². The Balaban J connectivity index is -0.0000000200. The fourth-order valence-corrected chi connectivity index (χ4v) is 0. The van der Waals surface area contributed by atoms with Gasteiger partial charge in [0.05, 0.1) is 0 Å². The average Bonchev–Trinajstić information content (AvgIpc) is 0.918. The second-order valence-corrected chi connectivity index (χ2v) is 0.250. The van der Waals surface area contributed by atoms with Crippen LogP contribution in [0.2, 0.25) is 0 Å². The summed E-state index contributed by atoms with van der Waals surface area (Å²) < 4.78 is 0. The van der Waals surface area contributed by atoms with Crippen molar-refractivity contribution in [2.24, 2.45) is 0 Å². The molecule has 3 heteroatoms. The number of rotatable bonds is 0. The monoisotopic (exact) mass is 68.0 g/mol. The van der Waals surface area contributed by atoms with E-state index in [1.165, 1.54) is 0 Å². The van der Waals surface area contributed by atoms with E-state index in [0.717, 1.165) is 5.23 Å². The second-order valence-electron chi connectivity index (χ2n) is 0.0833. The summed E-state index contributed by atoms with van der Waals surface area (Å²) >= 11 is 3.59. The Morgan fingerprint density at radius 1 is 2.00 bits per heavy atom. The van der Waals surface area contributed by atoms with Crippen LogP contribution < -0.4 is 18.9 Å². The van der Waals surface area contributed by atoms with E-state index in [2.05, 4.69) is 12.2 Å². The third-order valence-corrected chi connectivity index (χ3v) is 0. The van der Waals surface area contributed by atoms with E-state index in [4.69, 9.17) is 4.79 Å². The predicted octanol–water partition coefficient (Wildman–Crippen LogP) is -2.63. The molecule has 0 amide bonds. The molecule has 0 aromatic carbocycles. The molecule has 0 fully saturated rings. The summed E-state index contributed by atoms with van der Waals surface area (Å²) in [5.41, 5.74) is 0. The molecular weight excluding hydrogens is 67.0 g/mol. The van der Waals surface area contributed by atoms with Crippen molar-refractivity contribution in [2.45, 2.75) is 0 Å². The Labute approximate surface area is 43.0 Å². The summed E-state index contributed by atoms with van der Waals surface area (Å²) in [5.74, 6) is 0. The van der Waals surface area contributed by atoms with Gasteiger partial charge in [-0.25, -0.2) is 4.79 Å². The zero-order valence-corrected chi connectivity index (χ0v) is 3.13. The van der Waals surface area contributed by atoms with Crippen molar-refractivity contribution in [1.82, 2.24) is 0 Å². The van der Waals surface area contributed by atoms with Gasteiger partial charge in [0.1, 0.15) is 0 Å². The average molecular weight is 68.0 g/mol. The first-order valence-electron chi connectivity index (χ1n) is 0.408. The smallest absolute Gasteiger partial charge is 1.00 e. The van der Waals surface area contributed by atoms with E-state index in [0.29, 0.717) is 0 Å². The van der Waals surface area contributed by atoms with E-state index in [9.17, 15) is 0 Å². The molecule has 0 aliphatic carbocycles. The molecule has 0 aromatic rings. The van der Waals surface area contributed by atoms with Gasteiger partial charge in [-0.1, -0.05) is 0 Å². The van der Waals surface area contributed by atoms with Gasteiger partial charge in [0.15, 0.2) is 0 Å². The Kier molecular flexibility index (Phi) is 22.1. The molecule has 0 aromatic heterocycles. The molecule has 0 N–H and O–H groups in total. The molecule has 0 unspecified atom stereocenters. The maximum absolute atomic E-state index is 8.50. The summed E-state index contributed by atoms with van der Waals surface area (Å²) in [5, 5.41) is 1.08. The number of carbonyl (C=O) groups excluding carboxylic acids is 1. The van der Waals surface area contributed by atoms with E-state index in [1.807, 2.05) is 0 Å². The first-order chi connectivity index (χ1) is 1.41. The standard InChI is InChI=1S/COS.Li.H/c2-1-3;;/q;+1;-1. The van der Waals surface area contributed by atoms with Crippen molar-refractivity contribution in [3.8, 4) is 0 Å². The van der Waals surface area contributed by atoms with Crippen molar-refractivity contribution >= 4 is 17.5 Å². The van der Waals surface area contributed by atoms with Crippen LogP contribution in [-0.4, -0.2) is 5.23 Å². The van der Waals surface area contributed by atoms with E-state index in [-0.39, 0.29) is 20.3 Å². The second kappa shape index (κ2) is 10.00. The molecule has 1 nitrogen and oxygen atoms in total. The van der Waals surface area contributed by atoms with Crippen LogP contribution in [0.5, 0.6) is 0 Å². The molecule has 0 aliphatic rings. The summed E-state index contributed by atoms with van der Waals surface area (Å²) in [6.45, 7) is 0. The van der Waals surface area contributed by atoms with Crippen LogP contribution in [0.25, 0.3) is 0 Å². The van der Waals surface area contributed by atoms with Gasteiger partial charge in [0, 0.05) is 12.2 Å². The van der Waals surface area contributed by atoms with Crippen LogP contribution in [0.1, 0.15) is 1.43 Å². The molecule has 0 heterocycles. The molecule has 0 radical (unpaired) electrons. The van der Waals surface area contributed by atoms with Gasteiger partial charge in [0.25, 0.3) is 0 Å².